The lowest BCUT2D eigenvalue weighted by molar-refractivity contribution is 0.0951. The third-order valence-corrected chi connectivity index (χ3v) is 3.27. The zero-order valence-corrected chi connectivity index (χ0v) is 11.9. The molecule has 3 nitrogen and oxygen atoms in total. The summed E-state index contributed by atoms with van der Waals surface area (Å²) in [6.45, 7) is 1.15. The minimum atomic E-state index is -0.104. The fraction of sp³-hybridized carbons (Fsp3) is 0.188. The third-order valence-electron chi connectivity index (χ3n) is 3.02. The van der Waals surface area contributed by atoms with Crippen molar-refractivity contribution in [3.05, 3.63) is 70.2 Å². The molecule has 0 aliphatic heterocycles. The number of rotatable bonds is 5. The van der Waals surface area contributed by atoms with Gasteiger partial charge in [0.15, 0.2) is 0 Å². The van der Waals surface area contributed by atoms with Crippen LogP contribution in [0.5, 0.6) is 0 Å². The standard InChI is InChI=1S/C16H17ClN2O/c17-15-7-5-14(6-8-15)16(20)19-11-13-3-1-12(2-4-13)9-10-18/h1-8H,9-11,18H2,(H,19,20). The molecule has 0 aliphatic rings. The van der Waals surface area contributed by atoms with Gasteiger partial charge in [0.1, 0.15) is 0 Å². The van der Waals surface area contributed by atoms with Crippen molar-refractivity contribution >= 4 is 17.5 Å². The molecule has 3 N–H and O–H groups in total. The van der Waals surface area contributed by atoms with E-state index in [0.717, 1.165) is 12.0 Å². The van der Waals surface area contributed by atoms with Crippen LogP contribution in [0.25, 0.3) is 0 Å². The Morgan fingerprint density at radius 2 is 1.60 bits per heavy atom. The van der Waals surface area contributed by atoms with E-state index in [9.17, 15) is 4.79 Å². The summed E-state index contributed by atoms with van der Waals surface area (Å²) in [4.78, 5) is 11.9. The van der Waals surface area contributed by atoms with Gasteiger partial charge in [-0.15, -0.1) is 0 Å². The van der Waals surface area contributed by atoms with E-state index in [2.05, 4.69) is 5.32 Å². The van der Waals surface area contributed by atoms with Crippen molar-refractivity contribution in [3.63, 3.8) is 0 Å². The van der Waals surface area contributed by atoms with Crippen LogP contribution >= 0.6 is 11.6 Å². The molecule has 0 saturated heterocycles. The first-order chi connectivity index (χ1) is 9.69. The molecular formula is C16H17ClN2O. The zero-order chi connectivity index (χ0) is 14.4. The molecule has 0 spiro atoms. The van der Waals surface area contributed by atoms with Gasteiger partial charge in [0.25, 0.3) is 5.91 Å². The van der Waals surface area contributed by atoms with E-state index in [1.807, 2.05) is 24.3 Å². The summed E-state index contributed by atoms with van der Waals surface area (Å²) in [6, 6.07) is 14.9. The van der Waals surface area contributed by atoms with Gasteiger partial charge < -0.3 is 11.1 Å². The highest BCUT2D eigenvalue weighted by molar-refractivity contribution is 6.30. The van der Waals surface area contributed by atoms with Crippen LogP contribution < -0.4 is 11.1 Å². The predicted molar refractivity (Wildman–Crippen MR) is 81.8 cm³/mol. The molecule has 0 saturated carbocycles. The van der Waals surface area contributed by atoms with E-state index in [4.69, 9.17) is 17.3 Å². The van der Waals surface area contributed by atoms with Gasteiger partial charge in [0.05, 0.1) is 0 Å². The molecule has 0 radical (unpaired) electrons. The fourth-order valence-corrected chi connectivity index (χ4v) is 2.00. The maximum absolute atomic E-state index is 11.9. The highest BCUT2D eigenvalue weighted by Gasteiger charge is 2.04. The van der Waals surface area contributed by atoms with Crippen molar-refractivity contribution in [3.8, 4) is 0 Å². The number of benzene rings is 2. The van der Waals surface area contributed by atoms with Crippen LogP contribution in [0, 0.1) is 0 Å². The van der Waals surface area contributed by atoms with Crippen LogP contribution in [0.2, 0.25) is 5.02 Å². The number of carbonyl (C=O) groups excluding carboxylic acids is 1. The van der Waals surface area contributed by atoms with Crippen molar-refractivity contribution < 1.29 is 4.79 Å². The molecule has 0 unspecified atom stereocenters. The van der Waals surface area contributed by atoms with E-state index < -0.39 is 0 Å². The lowest BCUT2D eigenvalue weighted by Crippen LogP contribution is -2.22. The van der Waals surface area contributed by atoms with Gasteiger partial charge in [-0.1, -0.05) is 35.9 Å². The smallest absolute Gasteiger partial charge is 0.251 e. The Kier molecular flexibility index (Phi) is 5.16. The molecule has 2 aromatic rings. The Hall–Kier alpha value is -1.84. The highest BCUT2D eigenvalue weighted by atomic mass is 35.5. The lowest BCUT2D eigenvalue weighted by Gasteiger charge is -2.06. The summed E-state index contributed by atoms with van der Waals surface area (Å²) < 4.78 is 0. The van der Waals surface area contributed by atoms with E-state index in [1.165, 1.54) is 5.56 Å². The molecule has 2 aromatic carbocycles. The van der Waals surface area contributed by atoms with Crippen LogP contribution in [-0.2, 0) is 13.0 Å². The molecule has 0 fully saturated rings. The normalized spacial score (nSPS) is 10.3. The van der Waals surface area contributed by atoms with E-state index >= 15 is 0 Å². The molecule has 0 aromatic heterocycles. The molecule has 2 rings (SSSR count). The van der Waals surface area contributed by atoms with E-state index in [0.29, 0.717) is 23.7 Å². The summed E-state index contributed by atoms with van der Waals surface area (Å²) >= 11 is 5.79. The molecule has 0 aliphatic carbocycles. The van der Waals surface area contributed by atoms with Crippen molar-refractivity contribution in [1.29, 1.82) is 0 Å². The molecule has 1 amide bonds. The molecule has 104 valence electrons. The third kappa shape index (κ3) is 4.08. The first-order valence-corrected chi connectivity index (χ1v) is 6.88. The Labute approximate surface area is 123 Å². The summed E-state index contributed by atoms with van der Waals surface area (Å²) in [5.41, 5.74) is 8.38. The number of hydrogen-bond acceptors (Lipinski definition) is 2. The SMILES string of the molecule is NCCc1ccc(CNC(=O)c2ccc(Cl)cc2)cc1. The van der Waals surface area contributed by atoms with Gasteiger partial charge in [0, 0.05) is 17.1 Å². The monoisotopic (exact) mass is 288 g/mol. The van der Waals surface area contributed by atoms with Crippen LogP contribution in [0.1, 0.15) is 21.5 Å². The molecule has 4 heteroatoms. The van der Waals surface area contributed by atoms with Crippen molar-refractivity contribution in [2.75, 3.05) is 6.54 Å². The van der Waals surface area contributed by atoms with Crippen LogP contribution in [0.15, 0.2) is 48.5 Å². The second kappa shape index (κ2) is 7.08. The molecule has 20 heavy (non-hydrogen) atoms. The number of nitrogens with one attached hydrogen (secondary N) is 1. The van der Waals surface area contributed by atoms with Crippen molar-refractivity contribution in [2.45, 2.75) is 13.0 Å². The van der Waals surface area contributed by atoms with Crippen molar-refractivity contribution in [2.24, 2.45) is 5.73 Å². The van der Waals surface area contributed by atoms with Gasteiger partial charge >= 0.3 is 0 Å². The molecule has 0 atom stereocenters. The minimum Gasteiger partial charge on any atom is -0.348 e. The first kappa shape index (κ1) is 14.6. The maximum Gasteiger partial charge on any atom is 0.251 e. The average molecular weight is 289 g/mol. The van der Waals surface area contributed by atoms with Crippen molar-refractivity contribution in [1.82, 2.24) is 5.32 Å². The van der Waals surface area contributed by atoms with Gasteiger partial charge in [-0.05, 0) is 48.4 Å². The van der Waals surface area contributed by atoms with Gasteiger partial charge in [-0.3, -0.25) is 4.79 Å². The van der Waals surface area contributed by atoms with Gasteiger partial charge in [0.2, 0.25) is 0 Å². The van der Waals surface area contributed by atoms with E-state index in [-0.39, 0.29) is 5.91 Å². The second-order valence-electron chi connectivity index (χ2n) is 4.54. The fourth-order valence-electron chi connectivity index (χ4n) is 1.88. The minimum absolute atomic E-state index is 0.104. The van der Waals surface area contributed by atoms with Crippen LogP contribution in [0.4, 0.5) is 0 Å². The topological polar surface area (TPSA) is 55.1 Å². The number of hydrogen-bond donors (Lipinski definition) is 2. The van der Waals surface area contributed by atoms with Crippen LogP contribution in [-0.4, -0.2) is 12.5 Å². The Bertz CT molecular complexity index is 564. The van der Waals surface area contributed by atoms with Gasteiger partial charge in [-0.25, -0.2) is 0 Å². The predicted octanol–water partition coefficient (Wildman–Crippen LogP) is 2.77. The molecule has 0 heterocycles. The number of nitrogens with two attached hydrogens (primary N) is 1. The number of halogens is 1. The largest absolute Gasteiger partial charge is 0.348 e. The Morgan fingerprint density at radius 1 is 1.00 bits per heavy atom. The van der Waals surface area contributed by atoms with E-state index in [1.54, 1.807) is 24.3 Å². The summed E-state index contributed by atoms with van der Waals surface area (Å²) in [7, 11) is 0. The summed E-state index contributed by atoms with van der Waals surface area (Å²) in [5, 5.41) is 3.50. The summed E-state index contributed by atoms with van der Waals surface area (Å²) in [6.07, 6.45) is 0.872. The Balaban J connectivity index is 1.91. The zero-order valence-electron chi connectivity index (χ0n) is 11.1. The first-order valence-electron chi connectivity index (χ1n) is 6.50. The molecular weight excluding hydrogens is 272 g/mol. The Morgan fingerprint density at radius 3 is 2.20 bits per heavy atom. The highest BCUT2D eigenvalue weighted by Crippen LogP contribution is 2.10. The quantitative estimate of drug-likeness (QED) is 0.889. The number of amides is 1. The lowest BCUT2D eigenvalue weighted by atomic mass is 10.1. The molecule has 0 bridgehead atoms. The average Bonchev–Trinajstić information content (AvgIpc) is 2.47. The second-order valence-corrected chi connectivity index (χ2v) is 4.98. The maximum atomic E-state index is 11.9. The number of carbonyl (C=O) groups is 1. The summed E-state index contributed by atoms with van der Waals surface area (Å²) in [5.74, 6) is -0.104. The van der Waals surface area contributed by atoms with Crippen LogP contribution in [0.3, 0.4) is 0 Å². The van der Waals surface area contributed by atoms with Gasteiger partial charge in [-0.2, -0.15) is 0 Å².